The maximum Gasteiger partial charge on any atom is 0.417 e. The van der Waals surface area contributed by atoms with Gasteiger partial charge in [-0.25, -0.2) is 0 Å². The van der Waals surface area contributed by atoms with Crippen molar-refractivity contribution in [3.63, 3.8) is 0 Å². The number of nitrogens with zero attached hydrogens (tertiary/aromatic N) is 1. The van der Waals surface area contributed by atoms with E-state index in [2.05, 4.69) is 10.3 Å². The van der Waals surface area contributed by atoms with Crippen LogP contribution in [0.1, 0.15) is 21.6 Å². The van der Waals surface area contributed by atoms with E-state index in [1.807, 2.05) is 0 Å². The first-order valence-electron chi connectivity index (χ1n) is 6.03. The standard InChI is InChI=1S/C14H12F3N3O/c15-14(16,17)10-5-6-12(19-8-10)13(21)20-7-9-3-1-2-4-11(9)18/h1-6,8H,7,18H2,(H,20,21). The van der Waals surface area contributed by atoms with Crippen molar-refractivity contribution in [1.29, 1.82) is 0 Å². The Kier molecular flexibility index (Phi) is 4.11. The number of halogens is 3. The van der Waals surface area contributed by atoms with Crippen LogP contribution in [0.4, 0.5) is 18.9 Å². The minimum absolute atomic E-state index is 0.0856. The highest BCUT2D eigenvalue weighted by Crippen LogP contribution is 2.28. The van der Waals surface area contributed by atoms with Gasteiger partial charge in [-0.05, 0) is 23.8 Å². The average molecular weight is 295 g/mol. The van der Waals surface area contributed by atoms with Gasteiger partial charge < -0.3 is 11.1 Å². The molecule has 0 atom stereocenters. The Hall–Kier alpha value is -2.57. The largest absolute Gasteiger partial charge is 0.417 e. The minimum atomic E-state index is -4.47. The van der Waals surface area contributed by atoms with Crippen molar-refractivity contribution in [2.24, 2.45) is 0 Å². The summed E-state index contributed by atoms with van der Waals surface area (Å²) in [5.74, 6) is -0.563. The zero-order valence-corrected chi connectivity index (χ0v) is 10.8. The second-order valence-electron chi connectivity index (χ2n) is 4.31. The Morgan fingerprint density at radius 1 is 1.19 bits per heavy atom. The Morgan fingerprint density at radius 3 is 2.48 bits per heavy atom. The van der Waals surface area contributed by atoms with Gasteiger partial charge >= 0.3 is 6.18 Å². The van der Waals surface area contributed by atoms with Gasteiger partial charge in [0, 0.05) is 18.4 Å². The van der Waals surface area contributed by atoms with Gasteiger partial charge in [0.25, 0.3) is 5.91 Å². The van der Waals surface area contributed by atoms with Crippen molar-refractivity contribution in [1.82, 2.24) is 10.3 Å². The third kappa shape index (κ3) is 3.71. The average Bonchev–Trinajstić information content (AvgIpc) is 2.45. The molecule has 3 N–H and O–H groups in total. The summed E-state index contributed by atoms with van der Waals surface area (Å²) in [6.45, 7) is 0.175. The molecular weight excluding hydrogens is 283 g/mol. The third-order valence-corrected chi connectivity index (χ3v) is 2.82. The van der Waals surface area contributed by atoms with Gasteiger partial charge in [-0.15, -0.1) is 0 Å². The lowest BCUT2D eigenvalue weighted by molar-refractivity contribution is -0.137. The van der Waals surface area contributed by atoms with Crippen LogP contribution in [-0.4, -0.2) is 10.9 Å². The predicted molar refractivity (Wildman–Crippen MR) is 71.3 cm³/mol. The first kappa shape index (κ1) is 14.8. The number of anilines is 1. The maximum atomic E-state index is 12.4. The molecule has 0 saturated carbocycles. The van der Waals surface area contributed by atoms with Gasteiger partial charge in [-0.1, -0.05) is 18.2 Å². The van der Waals surface area contributed by atoms with Crippen molar-refractivity contribution in [2.45, 2.75) is 12.7 Å². The highest BCUT2D eigenvalue weighted by molar-refractivity contribution is 5.92. The van der Waals surface area contributed by atoms with Gasteiger partial charge in [0.1, 0.15) is 5.69 Å². The van der Waals surface area contributed by atoms with Crippen molar-refractivity contribution in [2.75, 3.05) is 5.73 Å². The highest BCUT2D eigenvalue weighted by Gasteiger charge is 2.30. The predicted octanol–water partition coefficient (Wildman–Crippen LogP) is 2.61. The molecule has 0 aliphatic carbocycles. The number of nitrogens with two attached hydrogens (primary N) is 1. The van der Waals surface area contributed by atoms with Crippen LogP contribution in [0.2, 0.25) is 0 Å². The second-order valence-corrected chi connectivity index (χ2v) is 4.31. The number of nitrogen functional groups attached to an aromatic ring is 1. The fourth-order valence-electron chi connectivity index (χ4n) is 1.66. The van der Waals surface area contributed by atoms with Crippen LogP contribution in [0.15, 0.2) is 42.6 Å². The Morgan fingerprint density at radius 2 is 1.90 bits per heavy atom. The molecule has 21 heavy (non-hydrogen) atoms. The molecule has 7 heteroatoms. The molecule has 1 heterocycles. The van der Waals surface area contributed by atoms with Crippen LogP contribution in [0.25, 0.3) is 0 Å². The highest BCUT2D eigenvalue weighted by atomic mass is 19.4. The fourth-order valence-corrected chi connectivity index (χ4v) is 1.66. The van der Waals surface area contributed by atoms with Crippen LogP contribution in [0, 0.1) is 0 Å². The SMILES string of the molecule is Nc1ccccc1CNC(=O)c1ccc(C(F)(F)F)cn1. The zero-order chi connectivity index (χ0) is 15.5. The molecule has 0 aliphatic heterocycles. The van der Waals surface area contributed by atoms with Crippen LogP contribution < -0.4 is 11.1 Å². The van der Waals surface area contributed by atoms with E-state index in [4.69, 9.17) is 5.73 Å². The van der Waals surface area contributed by atoms with E-state index in [1.54, 1.807) is 24.3 Å². The third-order valence-electron chi connectivity index (χ3n) is 2.82. The smallest absolute Gasteiger partial charge is 0.398 e. The molecule has 0 unspecified atom stereocenters. The summed E-state index contributed by atoms with van der Waals surface area (Å²) in [6, 6.07) is 8.82. The topological polar surface area (TPSA) is 68.0 Å². The number of pyridine rings is 1. The van der Waals surface area contributed by atoms with Crippen LogP contribution in [-0.2, 0) is 12.7 Å². The second kappa shape index (κ2) is 5.82. The number of benzene rings is 1. The number of hydrogen-bond donors (Lipinski definition) is 2. The zero-order valence-electron chi connectivity index (χ0n) is 10.8. The van der Waals surface area contributed by atoms with Gasteiger partial charge in [0.05, 0.1) is 5.56 Å². The minimum Gasteiger partial charge on any atom is -0.398 e. The fraction of sp³-hybridized carbons (Fsp3) is 0.143. The lowest BCUT2D eigenvalue weighted by Crippen LogP contribution is -2.24. The quantitative estimate of drug-likeness (QED) is 0.855. The molecule has 0 radical (unpaired) electrons. The van der Waals surface area contributed by atoms with Crippen molar-refractivity contribution >= 4 is 11.6 Å². The number of nitrogens with one attached hydrogen (secondary N) is 1. The normalized spacial score (nSPS) is 11.2. The summed E-state index contributed by atoms with van der Waals surface area (Å²) in [5.41, 5.74) is 5.98. The molecule has 2 aromatic rings. The number of carbonyl (C=O) groups excluding carboxylic acids is 1. The monoisotopic (exact) mass is 295 g/mol. The van der Waals surface area contributed by atoms with E-state index in [-0.39, 0.29) is 12.2 Å². The first-order valence-corrected chi connectivity index (χ1v) is 6.03. The molecule has 1 amide bonds. The molecule has 1 aromatic carbocycles. The summed E-state index contributed by atoms with van der Waals surface area (Å²) < 4.78 is 37.1. The van der Waals surface area contributed by atoms with E-state index in [1.165, 1.54) is 0 Å². The van der Waals surface area contributed by atoms with Crippen LogP contribution in [0.5, 0.6) is 0 Å². The summed E-state index contributed by atoms with van der Waals surface area (Å²) >= 11 is 0. The number of aromatic nitrogens is 1. The molecule has 0 fully saturated rings. The van der Waals surface area contributed by atoms with E-state index >= 15 is 0 Å². The Bertz CT molecular complexity index is 639. The number of alkyl halides is 3. The number of rotatable bonds is 3. The summed E-state index contributed by atoms with van der Waals surface area (Å²) in [7, 11) is 0. The summed E-state index contributed by atoms with van der Waals surface area (Å²) in [5, 5.41) is 2.55. The van der Waals surface area contributed by atoms with E-state index in [0.29, 0.717) is 11.9 Å². The lowest BCUT2D eigenvalue weighted by Gasteiger charge is -2.08. The lowest BCUT2D eigenvalue weighted by atomic mass is 10.2. The van der Waals surface area contributed by atoms with Crippen molar-refractivity contribution in [3.8, 4) is 0 Å². The van der Waals surface area contributed by atoms with Crippen LogP contribution >= 0.6 is 0 Å². The molecule has 1 aromatic heterocycles. The van der Waals surface area contributed by atoms with E-state index < -0.39 is 17.6 Å². The molecule has 2 rings (SSSR count). The van der Waals surface area contributed by atoms with Gasteiger partial charge in [0.15, 0.2) is 0 Å². The van der Waals surface area contributed by atoms with E-state index in [9.17, 15) is 18.0 Å². The molecule has 0 saturated heterocycles. The molecule has 0 spiro atoms. The number of para-hydroxylation sites is 1. The summed E-state index contributed by atoms with van der Waals surface area (Å²) in [6.07, 6.45) is -3.84. The van der Waals surface area contributed by atoms with Gasteiger partial charge in [-0.3, -0.25) is 9.78 Å². The molecular formula is C14H12F3N3O. The number of amides is 1. The maximum absolute atomic E-state index is 12.4. The summed E-state index contributed by atoms with van der Waals surface area (Å²) in [4.78, 5) is 15.3. The number of hydrogen-bond acceptors (Lipinski definition) is 3. The van der Waals surface area contributed by atoms with Crippen LogP contribution in [0.3, 0.4) is 0 Å². The Labute approximate surface area is 118 Å². The van der Waals surface area contributed by atoms with E-state index in [0.717, 1.165) is 17.7 Å². The van der Waals surface area contributed by atoms with Crippen molar-refractivity contribution in [3.05, 3.63) is 59.4 Å². The van der Waals surface area contributed by atoms with Gasteiger partial charge in [-0.2, -0.15) is 13.2 Å². The molecule has 4 nitrogen and oxygen atoms in total. The molecule has 0 bridgehead atoms. The van der Waals surface area contributed by atoms with Crippen molar-refractivity contribution < 1.29 is 18.0 Å². The van der Waals surface area contributed by atoms with Gasteiger partial charge in [0.2, 0.25) is 0 Å². The molecule has 0 aliphatic rings. The Balaban J connectivity index is 2.03. The number of carbonyl (C=O) groups is 1. The first-order chi connectivity index (χ1) is 9.88. The molecule has 110 valence electrons.